The lowest BCUT2D eigenvalue weighted by Crippen LogP contribution is -2.30. The highest BCUT2D eigenvalue weighted by Crippen LogP contribution is 2.40. The molecule has 0 spiro atoms. The SMILES string of the molecule is CC1CC(=O)c2c([nH]c(-c3ccnc(NC(=O)NC4CC4)c3)c2Nc2ccccc2)C1. The van der Waals surface area contributed by atoms with E-state index in [1.54, 1.807) is 6.20 Å². The maximum Gasteiger partial charge on any atom is 0.320 e. The van der Waals surface area contributed by atoms with Crippen molar-refractivity contribution in [1.82, 2.24) is 15.3 Å². The number of carbonyl (C=O) groups is 2. The Labute approximate surface area is 180 Å². The van der Waals surface area contributed by atoms with Gasteiger partial charge in [-0.05, 0) is 49.4 Å². The number of amides is 2. The molecule has 2 aliphatic carbocycles. The van der Waals surface area contributed by atoms with Crippen molar-refractivity contribution in [3.05, 3.63) is 59.9 Å². The van der Waals surface area contributed by atoms with Crippen molar-refractivity contribution in [2.24, 2.45) is 5.92 Å². The number of anilines is 3. The molecule has 1 aromatic carbocycles. The fourth-order valence-corrected chi connectivity index (χ4v) is 4.08. The van der Waals surface area contributed by atoms with Crippen molar-refractivity contribution in [3.63, 3.8) is 0 Å². The Morgan fingerprint density at radius 1 is 1.13 bits per heavy atom. The predicted octanol–water partition coefficient (Wildman–Crippen LogP) is 4.87. The highest BCUT2D eigenvalue weighted by molar-refractivity contribution is 6.07. The molecule has 2 heterocycles. The molecule has 0 bridgehead atoms. The number of aromatic amines is 1. The zero-order chi connectivity index (χ0) is 21.4. The van der Waals surface area contributed by atoms with Gasteiger partial charge in [0.15, 0.2) is 5.78 Å². The fraction of sp³-hybridized carbons (Fsp3) is 0.292. The van der Waals surface area contributed by atoms with E-state index in [2.05, 4.69) is 32.8 Å². The number of nitrogens with zero attached hydrogens (tertiary/aromatic N) is 1. The third-order valence-corrected chi connectivity index (χ3v) is 5.69. The van der Waals surface area contributed by atoms with Crippen LogP contribution in [-0.4, -0.2) is 27.8 Å². The maximum absolute atomic E-state index is 12.9. The molecular weight excluding hydrogens is 390 g/mol. The number of fused-ring (bicyclic) bond motifs is 1. The molecular formula is C24H25N5O2. The van der Waals surface area contributed by atoms with E-state index >= 15 is 0 Å². The fourth-order valence-electron chi connectivity index (χ4n) is 4.08. The van der Waals surface area contributed by atoms with E-state index in [0.29, 0.717) is 18.2 Å². The molecule has 3 aromatic rings. The van der Waals surface area contributed by atoms with Gasteiger partial charge in [0.05, 0.1) is 16.9 Å². The monoisotopic (exact) mass is 415 g/mol. The van der Waals surface area contributed by atoms with E-state index in [0.717, 1.165) is 53.2 Å². The first-order chi connectivity index (χ1) is 15.1. The summed E-state index contributed by atoms with van der Waals surface area (Å²) < 4.78 is 0. The molecule has 1 saturated carbocycles. The third-order valence-electron chi connectivity index (χ3n) is 5.69. The summed E-state index contributed by atoms with van der Waals surface area (Å²) in [4.78, 5) is 32.8. The quantitative estimate of drug-likeness (QED) is 0.478. The summed E-state index contributed by atoms with van der Waals surface area (Å²) in [5.74, 6) is 0.913. The Bertz CT molecular complexity index is 1130. The number of aromatic nitrogens is 2. The molecule has 1 fully saturated rings. The summed E-state index contributed by atoms with van der Waals surface area (Å²) in [6, 6.07) is 13.5. The van der Waals surface area contributed by atoms with E-state index in [1.165, 1.54) is 0 Å². The first-order valence-electron chi connectivity index (χ1n) is 10.7. The lowest BCUT2D eigenvalue weighted by Gasteiger charge is -2.18. The average molecular weight is 415 g/mol. The van der Waals surface area contributed by atoms with Gasteiger partial charge in [0.25, 0.3) is 0 Å². The van der Waals surface area contributed by atoms with Crippen molar-refractivity contribution in [3.8, 4) is 11.3 Å². The Balaban J connectivity index is 1.52. The molecule has 31 heavy (non-hydrogen) atoms. The molecule has 158 valence electrons. The largest absolute Gasteiger partial charge is 0.356 e. The summed E-state index contributed by atoms with van der Waals surface area (Å²) in [6.07, 6.45) is 5.08. The summed E-state index contributed by atoms with van der Waals surface area (Å²) >= 11 is 0. The number of hydrogen-bond acceptors (Lipinski definition) is 4. The highest BCUT2D eigenvalue weighted by Gasteiger charge is 2.30. The molecule has 7 nitrogen and oxygen atoms in total. The van der Waals surface area contributed by atoms with Gasteiger partial charge in [-0.3, -0.25) is 10.1 Å². The average Bonchev–Trinajstić information content (AvgIpc) is 3.48. The van der Waals surface area contributed by atoms with E-state index in [9.17, 15) is 9.59 Å². The molecule has 5 rings (SSSR count). The van der Waals surface area contributed by atoms with E-state index < -0.39 is 0 Å². The highest BCUT2D eigenvalue weighted by atomic mass is 16.2. The van der Waals surface area contributed by atoms with Gasteiger partial charge < -0.3 is 15.6 Å². The van der Waals surface area contributed by atoms with Crippen molar-refractivity contribution in [2.45, 2.75) is 38.6 Å². The lowest BCUT2D eigenvalue weighted by molar-refractivity contribution is 0.0954. The van der Waals surface area contributed by atoms with Crippen molar-refractivity contribution in [1.29, 1.82) is 0 Å². The molecule has 0 aliphatic heterocycles. The minimum Gasteiger partial charge on any atom is -0.356 e. The van der Waals surface area contributed by atoms with Gasteiger partial charge in [0.1, 0.15) is 5.82 Å². The molecule has 1 unspecified atom stereocenters. The van der Waals surface area contributed by atoms with Crippen LogP contribution in [0.2, 0.25) is 0 Å². The van der Waals surface area contributed by atoms with Crippen LogP contribution in [0.3, 0.4) is 0 Å². The van der Waals surface area contributed by atoms with Gasteiger partial charge in [-0.2, -0.15) is 0 Å². The van der Waals surface area contributed by atoms with Crippen LogP contribution in [-0.2, 0) is 6.42 Å². The molecule has 2 aliphatic rings. The first-order valence-corrected chi connectivity index (χ1v) is 10.7. The zero-order valence-electron chi connectivity index (χ0n) is 17.4. The zero-order valence-corrected chi connectivity index (χ0v) is 17.4. The smallest absolute Gasteiger partial charge is 0.320 e. The number of para-hydroxylation sites is 1. The minimum absolute atomic E-state index is 0.144. The Morgan fingerprint density at radius 3 is 2.71 bits per heavy atom. The van der Waals surface area contributed by atoms with Gasteiger partial charge in [-0.25, -0.2) is 9.78 Å². The number of urea groups is 1. The molecule has 0 radical (unpaired) electrons. The molecule has 4 N–H and O–H groups in total. The van der Waals surface area contributed by atoms with Crippen LogP contribution >= 0.6 is 0 Å². The number of Topliss-reactive ketones (excluding diaryl/α,β-unsaturated/α-hetero) is 1. The van der Waals surface area contributed by atoms with Gasteiger partial charge in [-0.15, -0.1) is 0 Å². The molecule has 0 saturated heterocycles. The van der Waals surface area contributed by atoms with E-state index in [4.69, 9.17) is 0 Å². The maximum atomic E-state index is 12.9. The molecule has 2 amide bonds. The number of rotatable bonds is 5. The number of H-pyrrole nitrogens is 1. The summed E-state index contributed by atoms with van der Waals surface area (Å²) in [5, 5.41) is 9.16. The van der Waals surface area contributed by atoms with Crippen LogP contribution in [0.1, 0.15) is 42.2 Å². The van der Waals surface area contributed by atoms with Crippen LogP contribution in [0.5, 0.6) is 0 Å². The van der Waals surface area contributed by atoms with E-state index in [1.807, 2.05) is 42.5 Å². The van der Waals surface area contributed by atoms with Crippen LogP contribution in [0.25, 0.3) is 11.3 Å². The van der Waals surface area contributed by atoms with Crippen molar-refractivity contribution < 1.29 is 9.59 Å². The number of pyridine rings is 1. The van der Waals surface area contributed by atoms with Crippen LogP contribution in [0.15, 0.2) is 48.7 Å². The van der Waals surface area contributed by atoms with Gasteiger partial charge >= 0.3 is 6.03 Å². The van der Waals surface area contributed by atoms with E-state index in [-0.39, 0.29) is 17.9 Å². The van der Waals surface area contributed by atoms with Gasteiger partial charge in [0, 0.05) is 35.6 Å². The second kappa shape index (κ2) is 7.91. The predicted molar refractivity (Wildman–Crippen MR) is 121 cm³/mol. The number of hydrogen-bond donors (Lipinski definition) is 4. The Kier molecular flexibility index (Phi) is 4.94. The van der Waals surface area contributed by atoms with Crippen LogP contribution in [0, 0.1) is 5.92 Å². The topological polar surface area (TPSA) is 98.9 Å². The number of nitrogens with one attached hydrogen (secondary N) is 4. The standard InChI is InChI=1S/C24H25N5O2/c1-14-11-18-21(19(30)12-14)23(26-16-5-3-2-4-6-16)22(28-18)15-9-10-25-20(13-15)29-24(31)27-17-7-8-17/h2-6,9-10,13-14,17,26,28H,7-8,11-12H2,1H3,(H2,25,27,29,31). The summed E-state index contributed by atoms with van der Waals surface area (Å²) in [7, 11) is 0. The second-order valence-electron chi connectivity index (χ2n) is 8.46. The van der Waals surface area contributed by atoms with Crippen LogP contribution < -0.4 is 16.0 Å². The second-order valence-corrected chi connectivity index (χ2v) is 8.46. The van der Waals surface area contributed by atoms with Crippen molar-refractivity contribution >= 4 is 29.0 Å². The lowest BCUT2D eigenvalue weighted by atomic mass is 9.87. The summed E-state index contributed by atoms with van der Waals surface area (Å²) in [6.45, 7) is 2.10. The van der Waals surface area contributed by atoms with Gasteiger partial charge in [0.2, 0.25) is 0 Å². The number of ketones is 1. The summed E-state index contributed by atoms with van der Waals surface area (Å²) in [5.41, 5.74) is 5.05. The normalized spacial score (nSPS) is 17.7. The number of carbonyl (C=O) groups excluding carboxylic acids is 2. The first kappa shape index (κ1) is 19.4. The molecule has 1 atom stereocenters. The Morgan fingerprint density at radius 2 is 1.94 bits per heavy atom. The van der Waals surface area contributed by atoms with Gasteiger partial charge in [-0.1, -0.05) is 25.1 Å². The number of benzene rings is 1. The Hall–Kier alpha value is -3.61. The molecule has 7 heteroatoms. The minimum atomic E-state index is -0.246. The van der Waals surface area contributed by atoms with Crippen LogP contribution in [0.4, 0.5) is 22.0 Å². The third kappa shape index (κ3) is 4.17. The molecule has 2 aromatic heterocycles. The van der Waals surface area contributed by atoms with Crippen molar-refractivity contribution in [2.75, 3.05) is 10.6 Å².